The first-order valence-electron chi connectivity index (χ1n) is 27.6. The highest BCUT2D eigenvalue weighted by molar-refractivity contribution is 5.88. The molecule has 0 radical (unpaired) electrons. The Morgan fingerprint density at radius 1 is 0.414 bits per heavy atom. The van der Waals surface area contributed by atoms with Crippen molar-refractivity contribution < 1.29 is 47.6 Å². The monoisotopic (exact) mass is 961 g/mol. The van der Waals surface area contributed by atoms with Crippen molar-refractivity contribution in [2.24, 2.45) is 118 Å². The second-order valence-corrected chi connectivity index (χ2v) is 25.2. The van der Waals surface area contributed by atoms with Gasteiger partial charge in [0.05, 0.1) is 50.8 Å². The fourth-order valence-electron chi connectivity index (χ4n) is 18.3. The van der Waals surface area contributed by atoms with Gasteiger partial charge in [-0.1, -0.05) is 50.6 Å². The second kappa shape index (κ2) is 19.3. The first-order chi connectivity index (χ1) is 33.6. The van der Waals surface area contributed by atoms with E-state index in [0.717, 1.165) is 94.7 Å². The van der Waals surface area contributed by atoms with Gasteiger partial charge in [0, 0.05) is 22.3 Å². The Labute approximate surface area is 416 Å². The molecule has 10 nitrogen and oxygen atoms in total. The summed E-state index contributed by atoms with van der Waals surface area (Å²) in [4.78, 5) is 45.7. The van der Waals surface area contributed by atoms with Crippen LogP contribution in [-0.4, -0.2) is 74.7 Å². The van der Waals surface area contributed by atoms with Crippen LogP contribution in [0.3, 0.4) is 0 Å². The van der Waals surface area contributed by atoms with Crippen LogP contribution >= 0.6 is 0 Å². The minimum Gasteiger partial charge on any atom is -0.462 e. The SMILES string of the molecule is C=C(C)C(=O)OCC1CC2CC1C1C2CC2OC21.C=C(C)C(=O)OCC1CC2CC1C1C=CCC21.C=C(C)C(=O)OCC1CC2CC1C1CC3OC3C21.C=C(C)C(=O)OCC1CC2CC1C1CC=CC21. The zero-order valence-corrected chi connectivity index (χ0v) is 42.4. The van der Waals surface area contributed by atoms with E-state index in [1.807, 2.05) is 0 Å². The van der Waals surface area contributed by atoms with Crippen LogP contribution in [0, 0.1) is 118 Å². The number of ether oxygens (including phenoxy) is 6. The van der Waals surface area contributed by atoms with Crippen LogP contribution in [0.5, 0.6) is 0 Å². The average Bonchev–Trinajstić information content (AvgIpc) is 4.12. The molecular weight excluding hydrogens is 881 g/mol. The molecule has 380 valence electrons. The van der Waals surface area contributed by atoms with E-state index in [9.17, 15) is 19.2 Å². The van der Waals surface area contributed by atoms with E-state index in [-0.39, 0.29) is 23.9 Å². The quantitative estimate of drug-likeness (QED) is 0.0613. The summed E-state index contributed by atoms with van der Waals surface area (Å²) >= 11 is 0. The van der Waals surface area contributed by atoms with Gasteiger partial charge >= 0.3 is 23.9 Å². The summed E-state index contributed by atoms with van der Waals surface area (Å²) in [5, 5.41) is 0. The summed E-state index contributed by atoms with van der Waals surface area (Å²) in [6.07, 6.45) is 27.3. The van der Waals surface area contributed by atoms with Crippen molar-refractivity contribution in [1.29, 1.82) is 0 Å². The van der Waals surface area contributed by atoms with E-state index in [2.05, 4.69) is 50.6 Å². The van der Waals surface area contributed by atoms with Crippen LogP contribution in [-0.2, 0) is 47.6 Å². The molecule has 10 saturated carbocycles. The minimum absolute atomic E-state index is 0.228. The molecule has 12 aliphatic carbocycles. The number of epoxide rings is 2. The van der Waals surface area contributed by atoms with Gasteiger partial charge in [0.1, 0.15) is 0 Å². The Balaban J connectivity index is 0.000000102. The third-order valence-corrected chi connectivity index (χ3v) is 21.2. The van der Waals surface area contributed by atoms with Crippen LogP contribution < -0.4 is 0 Å². The Morgan fingerprint density at radius 2 is 0.814 bits per heavy atom. The first kappa shape index (κ1) is 48.5. The number of hydrogen-bond acceptors (Lipinski definition) is 10. The molecular formula is C60H80O10. The van der Waals surface area contributed by atoms with E-state index in [1.165, 1.54) is 77.0 Å². The minimum atomic E-state index is -0.235. The molecule has 24 unspecified atom stereocenters. The van der Waals surface area contributed by atoms with Crippen LogP contribution in [0.25, 0.3) is 0 Å². The van der Waals surface area contributed by atoms with E-state index in [4.69, 9.17) is 28.4 Å². The zero-order valence-electron chi connectivity index (χ0n) is 42.4. The maximum atomic E-state index is 11.5. The molecule has 12 fully saturated rings. The second-order valence-electron chi connectivity index (χ2n) is 25.2. The lowest BCUT2D eigenvalue weighted by Gasteiger charge is -2.32. The van der Waals surface area contributed by atoms with Gasteiger partial charge in [0.25, 0.3) is 0 Å². The number of fused-ring (bicyclic) bond motifs is 24. The number of carbonyl (C=O) groups excluding carboxylic acids is 4. The summed E-state index contributed by atoms with van der Waals surface area (Å²) in [5.41, 5.74) is 2.02. The molecule has 14 aliphatic rings. The Hall–Kier alpha value is -3.76. The molecule has 2 saturated heterocycles. The molecule has 14 rings (SSSR count). The number of esters is 4. The summed E-state index contributed by atoms with van der Waals surface area (Å²) in [7, 11) is 0. The van der Waals surface area contributed by atoms with Crippen LogP contribution in [0.1, 0.15) is 105 Å². The molecule has 8 bridgehead atoms. The predicted molar refractivity (Wildman–Crippen MR) is 264 cm³/mol. The predicted octanol–water partition coefficient (Wildman–Crippen LogP) is 10.2. The van der Waals surface area contributed by atoms with Crippen molar-refractivity contribution in [3.63, 3.8) is 0 Å². The van der Waals surface area contributed by atoms with Crippen molar-refractivity contribution in [2.45, 2.75) is 129 Å². The summed E-state index contributed by atoms with van der Waals surface area (Å²) in [6, 6.07) is 0. The molecule has 0 aromatic heterocycles. The lowest BCUT2D eigenvalue weighted by molar-refractivity contribution is -0.142. The maximum absolute atomic E-state index is 11.5. The van der Waals surface area contributed by atoms with E-state index in [1.54, 1.807) is 27.7 Å². The molecule has 2 aliphatic heterocycles. The van der Waals surface area contributed by atoms with E-state index in [0.29, 0.717) is 96.8 Å². The van der Waals surface area contributed by atoms with Gasteiger partial charge in [-0.15, -0.1) is 0 Å². The fourth-order valence-corrected chi connectivity index (χ4v) is 18.3. The van der Waals surface area contributed by atoms with Crippen molar-refractivity contribution in [3.05, 3.63) is 72.9 Å². The van der Waals surface area contributed by atoms with Gasteiger partial charge in [-0.05, 0) is 223 Å². The number of carbonyl (C=O) groups is 4. The van der Waals surface area contributed by atoms with Crippen LogP contribution in [0.2, 0.25) is 0 Å². The van der Waals surface area contributed by atoms with Gasteiger partial charge in [0.2, 0.25) is 0 Å². The van der Waals surface area contributed by atoms with Crippen molar-refractivity contribution in [3.8, 4) is 0 Å². The molecule has 0 aromatic rings. The highest BCUT2D eigenvalue weighted by Gasteiger charge is 2.67. The van der Waals surface area contributed by atoms with Gasteiger partial charge in [0.15, 0.2) is 0 Å². The Kier molecular flexibility index (Phi) is 13.3. The third kappa shape index (κ3) is 9.08. The number of allylic oxidation sites excluding steroid dienone is 4. The van der Waals surface area contributed by atoms with Crippen LogP contribution in [0.4, 0.5) is 0 Å². The molecule has 0 N–H and O–H groups in total. The Morgan fingerprint density at radius 3 is 1.39 bits per heavy atom. The average molecular weight is 961 g/mol. The normalized spacial score (nSPS) is 46.3. The van der Waals surface area contributed by atoms with Crippen LogP contribution in [0.15, 0.2) is 72.9 Å². The molecule has 0 aromatic carbocycles. The van der Waals surface area contributed by atoms with Crippen molar-refractivity contribution in [2.75, 3.05) is 26.4 Å². The third-order valence-electron chi connectivity index (χ3n) is 21.2. The standard InChI is InChI=1S/2C15H20O3.2C15H20O2/c1-7(2)15(16)17-6-9-3-8-4-10(9)11-5-12-14(18-12)13(8)11;1-7(2)15(16)17-6-9-3-8-4-10(9)13-11(8)5-12-14(13)18-12;2*1-9(2)15(16)17-8-11-6-10-7-14(11)13-5-3-4-12(10)13/h2*8-14H,1,3-6H2,2H3;3,5,10-14H,1,4,6-8H2,2H3;3-4,10-14H,1,5-8H2,2H3. The topological polar surface area (TPSA) is 130 Å². The smallest absolute Gasteiger partial charge is 0.333 e. The van der Waals surface area contributed by atoms with E-state index >= 15 is 0 Å². The lowest BCUT2D eigenvalue weighted by atomic mass is 9.75. The van der Waals surface area contributed by atoms with Crippen molar-refractivity contribution in [1.82, 2.24) is 0 Å². The van der Waals surface area contributed by atoms with Gasteiger partial charge < -0.3 is 28.4 Å². The largest absolute Gasteiger partial charge is 0.462 e. The lowest BCUT2D eigenvalue weighted by Crippen LogP contribution is -2.31. The summed E-state index contributed by atoms with van der Waals surface area (Å²) < 4.78 is 32.8. The van der Waals surface area contributed by atoms with Gasteiger partial charge in [-0.3, -0.25) is 0 Å². The molecule has 10 heteroatoms. The highest BCUT2D eigenvalue weighted by atomic mass is 16.6. The fraction of sp³-hybridized carbons (Fsp3) is 0.733. The molecule has 70 heavy (non-hydrogen) atoms. The van der Waals surface area contributed by atoms with Gasteiger partial charge in [-0.2, -0.15) is 0 Å². The summed E-state index contributed by atoms with van der Waals surface area (Å²) in [5.74, 6) is 14.8. The van der Waals surface area contributed by atoms with Crippen molar-refractivity contribution >= 4 is 23.9 Å². The zero-order chi connectivity index (χ0) is 48.9. The highest BCUT2D eigenvalue weighted by Crippen LogP contribution is 2.67. The molecule has 2 heterocycles. The molecule has 0 amide bonds. The molecule has 0 spiro atoms. The maximum Gasteiger partial charge on any atom is 0.333 e. The number of rotatable bonds is 12. The number of hydrogen-bond donors (Lipinski definition) is 0. The summed E-state index contributed by atoms with van der Waals surface area (Å²) in [6.45, 7) is 23.7. The van der Waals surface area contributed by atoms with E-state index < -0.39 is 0 Å². The van der Waals surface area contributed by atoms with Gasteiger partial charge in [-0.25, -0.2) is 19.2 Å². The first-order valence-corrected chi connectivity index (χ1v) is 27.6. The Bertz CT molecular complexity index is 2200. The molecule has 24 atom stereocenters.